The van der Waals surface area contributed by atoms with Crippen molar-refractivity contribution >= 4 is 11.8 Å². The lowest BCUT2D eigenvalue weighted by atomic mass is 9.89. The van der Waals surface area contributed by atoms with Crippen molar-refractivity contribution in [3.63, 3.8) is 0 Å². The standard InChI is InChI=1S/C17H28N4O2/c22-8-7-18-17-20-15(14-6-9-23-12-14)10-16(21-17)19-11-13-4-2-1-3-5-13/h10,13-14,22H,1-9,11-12H2,(H2,18,19,20,21)/t14-/m1/s1. The van der Waals surface area contributed by atoms with E-state index in [1.807, 2.05) is 0 Å². The molecule has 0 amide bonds. The summed E-state index contributed by atoms with van der Waals surface area (Å²) in [5.41, 5.74) is 1.03. The van der Waals surface area contributed by atoms with Gasteiger partial charge >= 0.3 is 0 Å². The second-order valence-electron chi connectivity index (χ2n) is 6.60. The first-order valence-corrected chi connectivity index (χ1v) is 8.90. The topological polar surface area (TPSA) is 79.3 Å². The monoisotopic (exact) mass is 320 g/mol. The Morgan fingerprint density at radius 3 is 2.74 bits per heavy atom. The van der Waals surface area contributed by atoms with Gasteiger partial charge in [-0.15, -0.1) is 0 Å². The van der Waals surface area contributed by atoms with Gasteiger partial charge in [-0.05, 0) is 25.2 Å². The van der Waals surface area contributed by atoms with E-state index in [-0.39, 0.29) is 6.61 Å². The van der Waals surface area contributed by atoms with Crippen LogP contribution in [0.2, 0.25) is 0 Å². The summed E-state index contributed by atoms with van der Waals surface area (Å²) >= 11 is 0. The second-order valence-corrected chi connectivity index (χ2v) is 6.60. The minimum Gasteiger partial charge on any atom is -0.395 e. The fraction of sp³-hybridized carbons (Fsp3) is 0.765. The molecule has 1 aliphatic heterocycles. The smallest absolute Gasteiger partial charge is 0.224 e. The van der Waals surface area contributed by atoms with Crippen LogP contribution in [-0.2, 0) is 4.74 Å². The number of ether oxygens (including phenoxy) is 1. The number of hydrogen-bond donors (Lipinski definition) is 3. The average molecular weight is 320 g/mol. The van der Waals surface area contributed by atoms with Crippen LogP contribution in [0.15, 0.2) is 6.07 Å². The Bertz CT molecular complexity index is 485. The van der Waals surface area contributed by atoms with E-state index in [2.05, 4.69) is 26.7 Å². The number of nitrogens with zero attached hydrogens (tertiary/aromatic N) is 2. The van der Waals surface area contributed by atoms with Crippen LogP contribution in [-0.4, -0.2) is 48.0 Å². The molecule has 1 aliphatic carbocycles. The van der Waals surface area contributed by atoms with Gasteiger partial charge in [-0.2, -0.15) is 4.98 Å². The maximum Gasteiger partial charge on any atom is 0.224 e. The van der Waals surface area contributed by atoms with E-state index >= 15 is 0 Å². The van der Waals surface area contributed by atoms with E-state index in [1.165, 1.54) is 32.1 Å². The third-order valence-corrected chi connectivity index (χ3v) is 4.79. The highest BCUT2D eigenvalue weighted by Gasteiger charge is 2.21. The highest BCUT2D eigenvalue weighted by Crippen LogP contribution is 2.27. The number of hydrogen-bond acceptors (Lipinski definition) is 6. The predicted molar refractivity (Wildman–Crippen MR) is 90.8 cm³/mol. The molecule has 0 unspecified atom stereocenters. The number of anilines is 2. The lowest BCUT2D eigenvalue weighted by Crippen LogP contribution is -2.19. The number of rotatable bonds is 7. The summed E-state index contributed by atoms with van der Waals surface area (Å²) in [6, 6.07) is 2.06. The number of nitrogens with one attached hydrogen (secondary N) is 2. The van der Waals surface area contributed by atoms with E-state index in [4.69, 9.17) is 9.84 Å². The van der Waals surface area contributed by atoms with Gasteiger partial charge < -0.3 is 20.5 Å². The molecule has 6 nitrogen and oxygen atoms in total. The van der Waals surface area contributed by atoms with Crippen LogP contribution < -0.4 is 10.6 Å². The van der Waals surface area contributed by atoms with Crippen molar-refractivity contribution in [3.8, 4) is 0 Å². The van der Waals surface area contributed by atoms with Gasteiger partial charge in [0.05, 0.1) is 18.9 Å². The molecule has 2 aliphatic rings. The van der Waals surface area contributed by atoms with Crippen LogP contribution in [0.1, 0.15) is 50.1 Å². The molecule has 0 aromatic carbocycles. The molecular formula is C17H28N4O2. The van der Waals surface area contributed by atoms with Crippen LogP contribution in [0.25, 0.3) is 0 Å². The van der Waals surface area contributed by atoms with Gasteiger partial charge in [0.1, 0.15) is 5.82 Å². The van der Waals surface area contributed by atoms with Crippen molar-refractivity contribution in [2.45, 2.75) is 44.4 Å². The molecule has 1 saturated heterocycles. The third kappa shape index (κ3) is 4.78. The highest BCUT2D eigenvalue weighted by atomic mass is 16.5. The number of aromatic nitrogens is 2. The van der Waals surface area contributed by atoms with Crippen LogP contribution in [0.4, 0.5) is 11.8 Å². The van der Waals surface area contributed by atoms with Gasteiger partial charge in [0.15, 0.2) is 0 Å². The fourth-order valence-corrected chi connectivity index (χ4v) is 3.42. The van der Waals surface area contributed by atoms with E-state index in [9.17, 15) is 0 Å². The van der Waals surface area contributed by atoms with Gasteiger partial charge in [0, 0.05) is 31.7 Å². The lowest BCUT2D eigenvalue weighted by molar-refractivity contribution is 0.193. The Labute approximate surface area is 138 Å². The molecule has 1 saturated carbocycles. The second kappa shape index (κ2) is 8.45. The molecule has 3 N–H and O–H groups in total. The summed E-state index contributed by atoms with van der Waals surface area (Å²) in [4.78, 5) is 9.14. The van der Waals surface area contributed by atoms with Crippen molar-refractivity contribution in [3.05, 3.63) is 11.8 Å². The Balaban J connectivity index is 1.67. The van der Waals surface area contributed by atoms with E-state index in [0.29, 0.717) is 18.4 Å². The SMILES string of the molecule is OCCNc1nc(NCC2CCCCC2)cc([C@@H]2CCOC2)n1. The van der Waals surface area contributed by atoms with E-state index in [0.717, 1.165) is 43.6 Å². The molecule has 2 heterocycles. The van der Waals surface area contributed by atoms with Crippen molar-refractivity contribution < 1.29 is 9.84 Å². The zero-order valence-electron chi connectivity index (χ0n) is 13.8. The zero-order valence-corrected chi connectivity index (χ0v) is 13.8. The molecule has 1 aromatic rings. The first-order chi connectivity index (χ1) is 11.3. The molecule has 0 spiro atoms. The van der Waals surface area contributed by atoms with Crippen molar-refractivity contribution in [2.75, 3.05) is 43.5 Å². The average Bonchev–Trinajstić information content (AvgIpc) is 3.14. The lowest BCUT2D eigenvalue weighted by Gasteiger charge is -2.22. The minimum absolute atomic E-state index is 0.0744. The van der Waals surface area contributed by atoms with Crippen LogP contribution in [0.3, 0.4) is 0 Å². The summed E-state index contributed by atoms with van der Waals surface area (Å²) < 4.78 is 5.49. The minimum atomic E-state index is 0.0744. The van der Waals surface area contributed by atoms with Crippen LogP contribution in [0, 0.1) is 5.92 Å². The van der Waals surface area contributed by atoms with Crippen LogP contribution >= 0.6 is 0 Å². The Kier molecular flexibility index (Phi) is 6.05. The molecule has 1 atom stereocenters. The summed E-state index contributed by atoms with van der Waals surface area (Å²) in [7, 11) is 0. The van der Waals surface area contributed by atoms with Gasteiger partial charge in [0.2, 0.25) is 5.95 Å². The molecule has 1 aromatic heterocycles. The van der Waals surface area contributed by atoms with Crippen molar-refractivity contribution in [2.24, 2.45) is 5.92 Å². The number of aliphatic hydroxyl groups is 1. The quantitative estimate of drug-likeness (QED) is 0.716. The maximum atomic E-state index is 9.00. The number of aliphatic hydroxyl groups excluding tert-OH is 1. The highest BCUT2D eigenvalue weighted by molar-refractivity contribution is 5.43. The van der Waals surface area contributed by atoms with Crippen LogP contribution in [0.5, 0.6) is 0 Å². The van der Waals surface area contributed by atoms with E-state index in [1.54, 1.807) is 0 Å². The molecule has 6 heteroatoms. The summed E-state index contributed by atoms with van der Waals surface area (Å²) in [5.74, 6) is 2.58. The molecule has 3 rings (SSSR count). The van der Waals surface area contributed by atoms with E-state index < -0.39 is 0 Å². The third-order valence-electron chi connectivity index (χ3n) is 4.79. The Hall–Kier alpha value is -1.40. The summed E-state index contributed by atoms with van der Waals surface area (Å²) in [5, 5.41) is 15.6. The maximum absolute atomic E-state index is 9.00. The fourth-order valence-electron chi connectivity index (χ4n) is 3.42. The van der Waals surface area contributed by atoms with Gasteiger partial charge in [-0.1, -0.05) is 19.3 Å². The van der Waals surface area contributed by atoms with Gasteiger partial charge in [-0.25, -0.2) is 4.98 Å². The molecule has 0 bridgehead atoms. The Morgan fingerprint density at radius 2 is 2.00 bits per heavy atom. The first kappa shape index (κ1) is 16.5. The van der Waals surface area contributed by atoms with Crippen molar-refractivity contribution in [1.29, 1.82) is 0 Å². The molecule has 2 fully saturated rings. The first-order valence-electron chi connectivity index (χ1n) is 8.90. The predicted octanol–water partition coefficient (Wildman–Crippen LogP) is 2.38. The normalized spacial score (nSPS) is 22.2. The van der Waals surface area contributed by atoms with Crippen molar-refractivity contribution in [1.82, 2.24) is 9.97 Å². The largest absolute Gasteiger partial charge is 0.395 e. The zero-order chi connectivity index (χ0) is 15.9. The summed E-state index contributed by atoms with van der Waals surface area (Å²) in [6.45, 7) is 3.06. The summed E-state index contributed by atoms with van der Waals surface area (Å²) in [6.07, 6.45) is 7.73. The molecular weight excluding hydrogens is 292 g/mol. The van der Waals surface area contributed by atoms with Gasteiger partial charge in [-0.3, -0.25) is 0 Å². The molecule has 0 radical (unpaired) electrons. The molecule has 128 valence electrons. The molecule has 23 heavy (non-hydrogen) atoms. The van der Waals surface area contributed by atoms with Gasteiger partial charge in [0.25, 0.3) is 0 Å². The Morgan fingerprint density at radius 1 is 1.13 bits per heavy atom.